The predicted molar refractivity (Wildman–Crippen MR) is 140 cm³/mol. The molecule has 4 rings (SSSR count). The number of benzene rings is 3. The fourth-order valence-corrected chi connectivity index (χ4v) is 4.37. The van der Waals surface area contributed by atoms with Crippen molar-refractivity contribution in [2.24, 2.45) is 0 Å². The molecule has 0 bridgehead atoms. The first kappa shape index (κ1) is 28.1. The van der Waals surface area contributed by atoms with E-state index in [2.05, 4.69) is 0 Å². The smallest absolute Gasteiger partial charge is 0.416 e. The molecule has 0 amide bonds. The maximum Gasteiger partial charge on any atom is 0.416 e. The van der Waals surface area contributed by atoms with Gasteiger partial charge in [-0.1, -0.05) is 19.1 Å². The molecule has 3 aromatic carbocycles. The van der Waals surface area contributed by atoms with E-state index in [4.69, 9.17) is 24.1 Å². The number of rotatable bonds is 11. The number of carbonyl (C=O) groups is 1. The Balaban J connectivity index is 1.45. The van der Waals surface area contributed by atoms with E-state index in [9.17, 15) is 18.0 Å². The largest absolute Gasteiger partial charge is 0.493 e. The van der Waals surface area contributed by atoms with Gasteiger partial charge in [0, 0.05) is 18.4 Å². The van der Waals surface area contributed by atoms with E-state index in [1.54, 1.807) is 18.2 Å². The number of ether oxygens (including phenoxy) is 4. The zero-order valence-electron chi connectivity index (χ0n) is 21.8. The van der Waals surface area contributed by atoms with Gasteiger partial charge in [-0.2, -0.15) is 13.2 Å². The molecular weight excluding hydrogens is 513 g/mol. The molecule has 1 atom stereocenters. The van der Waals surface area contributed by atoms with E-state index in [-0.39, 0.29) is 12.5 Å². The summed E-state index contributed by atoms with van der Waals surface area (Å²) < 4.78 is 63.7. The first-order valence-electron chi connectivity index (χ1n) is 12.9. The predicted octanol–water partition coefficient (Wildman–Crippen LogP) is 6.96. The van der Waals surface area contributed by atoms with Gasteiger partial charge < -0.3 is 24.1 Å². The van der Waals surface area contributed by atoms with Crippen LogP contribution in [0.25, 0.3) is 11.1 Å². The van der Waals surface area contributed by atoms with Gasteiger partial charge in [0.1, 0.15) is 24.7 Å². The molecule has 0 radical (unpaired) electrons. The number of hydrogen-bond donors (Lipinski definition) is 1. The zero-order valence-corrected chi connectivity index (χ0v) is 21.8. The molecule has 1 aliphatic heterocycles. The van der Waals surface area contributed by atoms with Crippen LogP contribution in [0.5, 0.6) is 23.0 Å². The van der Waals surface area contributed by atoms with Gasteiger partial charge in [-0.05, 0) is 78.9 Å². The highest BCUT2D eigenvalue weighted by molar-refractivity contribution is 5.74. The Bertz CT molecular complexity index is 1300. The van der Waals surface area contributed by atoms with Crippen molar-refractivity contribution in [1.82, 2.24) is 0 Å². The molecule has 1 aliphatic rings. The summed E-state index contributed by atoms with van der Waals surface area (Å²) in [6.07, 6.45) is -3.08. The lowest BCUT2D eigenvalue weighted by atomic mass is 10.0. The molecule has 0 aliphatic carbocycles. The van der Waals surface area contributed by atoms with Crippen LogP contribution in [-0.4, -0.2) is 37.0 Å². The highest BCUT2D eigenvalue weighted by Crippen LogP contribution is 2.41. The van der Waals surface area contributed by atoms with E-state index in [0.29, 0.717) is 66.8 Å². The minimum Gasteiger partial charge on any atom is -0.493 e. The van der Waals surface area contributed by atoms with Crippen molar-refractivity contribution in [2.45, 2.75) is 51.8 Å². The number of halogens is 3. The number of carboxylic acid groups (broad SMARTS) is 1. The van der Waals surface area contributed by atoms with Crippen molar-refractivity contribution in [3.8, 4) is 34.1 Å². The van der Waals surface area contributed by atoms with Gasteiger partial charge in [0.25, 0.3) is 0 Å². The Hall–Kier alpha value is -3.88. The summed E-state index contributed by atoms with van der Waals surface area (Å²) in [5, 5.41) is 8.95. The molecule has 9 heteroatoms. The summed E-state index contributed by atoms with van der Waals surface area (Å²) in [7, 11) is 0. The number of aliphatic carboxylic acids is 1. The van der Waals surface area contributed by atoms with Crippen LogP contribution in [0.4, 0.5) is 13.2 Å². The lowest BCUT2D eigenvalue weighted by Gasteiger charge is -2.21. The molecule has 1 heterocycles. The van der Waals surface area contributed by atoms with E-state index < -0.39 is 17.7 Å². The molecule has 39 heavy (non-hydrogen) atoms. The normalized spacial score (nSPS) is 13.6. The standard InChI is InChI=1S/C30H31F3O6/c1-3-20-16-24(8-4-21(20)6-11-29(34)35)36-13-12-19(2)39-26-10-7-23(30(31,32)33)18-25(26)22-5-9-27-28(17-22)38-15-14-37-27/h4-5,7-10,16-19H,3,6,11-15H2,1-2H3,(H,34,35). The Labute approximate surface area is 225 Å². The third-order valence-corrected chi connectivity index (χ3v) is 6.45. The highest BCUT2D eigenvalue weighted by atomic mass is 19.4. The second-order valence-electron chi connectivity index (χ2n) is 9.31. The van der Waals surface area contributed by atoms with Crippen LogP contribution in [0.15, 0.2) is 54.6 Å². The topological polar surface area (TPSA) is 74.2 Å². The third-order valence-electron chi connectivity index (χ3n) is 6.45. The number of fused-ring (bicyclic) bond motifs is 1. The molecule has 3 aromatic rings. The summed E-state index contributed by atoms with van der Waals surface area (Å²) in [4.78, 5) is 10.9. The van der Waals surface area contributed by atoms with Crippen LogP contribution in [0, 0.1) is 0 Å². The summed E-state index contributed by atoms with van der Waals surface area (Å²) in [5.74, 6) is 1.18. The molecule has 208 valence electrons. The van der Waals surface area contributed by atoms with Gasteiger partial charge in [0.05, 0.1) is 18.3 Å². The fourth-order valence-electron chi connectivity index (χ4n) is 4.37. The molecule has 0 aromatic heterocycles. The SMILES string of the molecule is CCc1cc(OCCC(C)Oc2ccc(C(F)(F)F)cc2-c2ccc3c(c2)OCCO3)ccc1CCC(=O)O. The average molecular weight is 545 g/mol. The van der Waals surface area contributed by atoms with Crippen molar-refractivity contribution in [3.63, 3.8) is 0 Å². The van der Waals surface area contributed by atoms with Crippen LogP contribution in [0.1, 0.15) is 43.4 Å². The van der Waals surface area contributed by atoms with Crippen molar-refractivity contribution >= 4 is 5.97 Å². The Morgan fingerprint density at radius 2 is 1.77 bits per heavy atom. The van der Waals surface area contributed by atoms with Crippen LogP contribution in [0.2, 0.25) is 0 Å². The maximum absolute atomic E-state index is 13.5. The van der Waals surface area contributed by atoms with E-state index in [0.717, 1.165) is 29.7 Å². The molecule has 0 fully saturated rings. The summed E-state index contributed by atoms with van der Waals surface area (Å²) in [5.41, 5.74) is 2.08. The van der Waals surface area contributed by atoms with E-state index in [1.165, 1.54) is 6.07 Å². The maximum atomic E-state index is 13.5. The van der Waals surface area contributed by atoms with Gasteiger partial charge in [-0.15, -0.1) is 0 Å². The molecule has 0 saturated heterocycles. The number of carboxylic acids is 1. The Morgan fingerprint density at radius 3 is 2.49 bits per heavy atom. The first-order valence-corrected chi connectivity index (χ1v) is 12.9. The van der Waals surface area contributed by atoms with Gasteiger partial charge in [0.15, 0.2) is 11.5 Å². The minimum atomic E-state index is -4.50. The molecular formula is C30H31F3O6. The van der Waals surface area contributed by atoms with Crippen LogP contribution in [-0.2, 0) is 23.8 Å². The number of aryl methyl sites for hydroxylation is 2. The van der Waals surface area contributed by atoms with Gasteiger partial charge in [0.2, 0.25) is 0 Å². The van der Waals surface area contributed by atoms with E-state index in [1.807, 2.05) is 32.0 Å². The van der Waals surface area contributed by atoms with Crippen LogP contribution in [0.3, 0.4) is 0 Å². The number of alkyl halides is 3. The summed E-state index contributed by atoms with van der Waals surface area (Å²) >= 11 is 0. The average Bonchev–Trinajstić information content (AvgIpc) is 2.91. The summed E-state index contributed by atoms with van der Waals surface area (Å²) in [6, 6.07) is 14.1. The van der Waals surface area contributed by atoms with Crippen molar-refractivity contribution < 1.29 is 42.0 Å². The van der Waals surface area contributed by atoms with Crippen LogP contribution >= 0.6 is 0 Å². The Kier molecular flexibility index (Phi) is 8.89. The van der Waals surface area contributed by atoms with Crippen LogP contribution < -0.4 is 18.9 Å². The molecule has 0 saturated carbocycles. The number of hydrogen-bond acceptors (Lipinski definition) is 5. The van der Waals surface area contributed by atoms with Gasteiger partial charge >= 0.3 is 12.1 Å². The molecule has 1 N–H and O–H groups in total. The van der Waals surface area contributed by atoms with Crippen molar-refractivity contribution in [3.05, 3.63) is 71.3 Å². The highest BCUT2D eigenvalue weighted by Gasteiger charge is 2.31. The second kappa shape index (κ2) is 12.3. The zero-order chi connectivity index (χ0) is 28.0. The minimum absolute atomic E-state index is 0.0697. The Morgan fingerprint density at radius 1 is 1.00 bits per heavy atom. The quantitative estimate of drug-likeness (QED) is 0.281. The second-order valence-corrected chi connectivity index (χ2v) is 9.31. The van der Waals surface area contributed by atoms with Gasteiger partial charge in [-0.3, -0.25) is 4.79 Å². The van der Waals surface area contributed by atoms with Gasteiger partial charge in [-0.25, -0.2) is 0 Å². The van der Waals surface area contributed by atoms with E-state index >= 15 is 0 Å². The molecule has 0 spiro atoms. The van der Waals surface area contributed by atoms with Crippen molar-refractivity contribution in [2.75, 3.05) is 19.8 Å². The lowest BCUT2D eigenvalue weighted by molar-refractivity contribution is -0.138. The van der Waals surface area contributed by atoms with Crippen molar-refractivity contribution in [1.29, 1.82) is 0 Å². The monoisotopic (exact) mass is 544 g/mol. The molecule has 6 nitrogen and oxygen atoms in total. The molecule has 1 unspecified atom stereocenters. The summed E-state index contributed by atoms with van der Waals surface area (Å²) in [6.45, 7) is 4.95. The first-order chi connectivity index (χ1) is 18.6. The third kappa shape index (κ3) is 7.37. The fraction of sp³-hybridized carbons (Fsp3) is 0.367. The lowest BCUT2D eigenvalue weighted by Crippen LogP contribution is -2.17.